The zero-order valence-corrected chi connectivity index (χ0v) is 12.0. The molecule has 0 saturated carbocycles. The van der Waals surface area contributed by atoms with Crippen molar-refractivity contribution in [3.63, 3.8) is 0 Å². The van der Waals surface area contributed by atoms with Gasteiger partial charge in [0.05, 0.1) is 5.51 Å². The molecule has 6 heteroatoms. The van der Waals surface area contributed by atoms with Gasteiger partial charge >= 0.3 is 6.61 Å². The van der Waals surface area contributed by atoms with E-state index in [1.165, 1.54) is 6.07 Å². The number of halogens is 2. The van der Waals surface area contributed by atoms with Crippen molar-refractivity contribution >= 4 is 11.3 Å². The molecule has 2 aromatic rings. The Hall–Kier alpha value is -1.53. The van der Waals surface area contributed by atoms with Crippen molar-refractivity contribution in [2.45, 2.75) is 32.5 Å². The van der Waals surface area contributed by atoms with E-state index in [4.69, 9.17) is 0 Å². The van der Waals surface area contributed by atoms with E-state index in [1.54, 1.807) is 29.0 Å². The lowest BCUT2D eigenvalue weighted by Gasteiger charge is -2.19. The van der Waals surface area contributed by atoms with Gasteiger partial charge in [-0.15, -0.1) is 11.3 Å². The summed E-state index contributed by atoms with van der Waals surface area (Å²) in [6.07, 6.45) is 1.82. The highest BCUT2D eigenvalue weighted by molar-refractivity contribution is 7.09. The quantitative estimate of drug-likeness (QED) is 0.869. The van der Waals surface area contributed by atoms with E-state index in [2.05, 4.69) is 15.0 Å². The van der Waals surface area contributed by atoms with Gasteiger partial charge in [0.1, 0.15) is 5.75 Å². The molecule has 3 nitrogen and oxygen atoms in total. The fourth-order valence-corrected chi connectivity index (χ4v) is 2.59. The maximum Gasteiger partial charge on any atom is 0.387 e. The predicted molar refractivity (Wildman–Crippen MR) is 75.2 cm³/mol. The maximum atomic E-state index is 12.2. The normalized spacial score (nSPS) is 14.2. The van der Waals surface area contributed by atoms with Crippen molar-refractivity contribution < 1.29 is 13.5 Å². The highest BCUT2D eigenvalue weighted by Crippen LogP contribution is 2.24. The van der Waals surface area contributed by atoms with E-state index >= 15 is 0 Å². The zero-order valence-electron chi connectivity index (χ0n) is 11.2. The lowest BCUT2D eigenvalue weighted by Crippen LogP contribution is -2.21. The fourth-order valence-electron chi connectivity index (χ4n) is 1.95. The minimum Gasteiger partial charge on any atom is -0.435 e. The SMILES string of the molecule is CC(NC(C)c1cncs1)c1cccc(OC(F)F)c1. The number of nitrogens with one attached hydrogen (secondary N) is 1. The van der Waals surface area contributed by atoms with Crippen LogP contribution in [-0.2, 0) is 0 Å². The molecule has 0 amide bonds. The van der Waals surface area contributed by atoms with Crippen LogP contribution >= 0.6 is 11.3 Å². The fraction of sp³-hybridized carbons (Fsp3) is 0.357. The molecule has 0 fully saturated rings. The third kappa shape index (κ3) is 3.98. The molecule has 0 aliphatic heterocycles. The highest BCUT2D eigenvalue weighted by atomic mass is 32.1. The highest BCUT2D eigenvalue weighted by Gasteiger charge is 2.13. The molecule has 0 aliphatic rings. The van der Waals surface area contributed by atoms with E-state index in [1.807, 2.05) is 26.1 Å². The largest absolute Gasteiger partial charge is 0.435 e. The lowest BCUT2D eigenvalue weighted by molar-refractivity contribution is -0.0499. The average Bonchev–Trinajstić information content (AvgIpc) is 2.92. The van der Waals surface area contributed by atoms with Gasteiger partial charge in [-0.1, -0.05) is 12.1 Å². The number of hydrogen-bond acceptors (Lipinski definition) is 4. The molecule has 2 rings (SSSR count). The van der Waals surface area contributed by atoms with Crippen molar-refractivity contribution in [2.24, 2.45) is 0 Å². The van der Waals surface area contributed by atoms with Crippen molar-refractivity contribution in [1.82, 2.24) is 10.3 Å². The first kappa shape index (κ1) is 14.9. The predicted octanol–water partition coefficient (Wildman–Crippen LogP) is 4.16. The Balaban J connectivity index is 2.03. The van der Waals surface area contributed by atoms with Crippen molar-refractivity contribution in [3.8, 4) is 5.75 Å². The molecule has 0 saturated heterocycles. The number of rotatable bonds is 6. The summed E-state index contributed by atoms with van der Waals surface area (Å²) in [5.74, 6) is 0.177. The monoisotopic (exact) mass is 298 g/mol. The molecule has 0 bridgehead atoms. The van der Waals surface area contributed by atoms with E-state index in [-0.39, 0.29) is 17.8 Å². The molecule has 1 N–H and O–H groups in total. The Morgan fingerprint density at radius 1 is 1.25 bits per heavy atom. The van der Waals surface area contributed by atoms with Crippen LogP contribution < -0.4 is 10.1 Å². The lowest BCUT2D eigenvalue weighted by atomic mass is 10.1. The van der Waals surface area contributed by atoms with Crippen LogP contribution in [0.5, 0.6) is 5.75 Å². The topological polar surface area (TPSA) is 34.2 Å². The molecule has 0 radical (unpaired) electrons. The second-order valence-corrected chi connectivity index (χ2v) is 5.38. The van der Waals surface area contributed by atoms with Gasteiger partial charge in [0.15, 0.2) is 0 Å². The third-order valence-electron chi connectivity index (χ3n) is 2.96. The summed E-state index contributed by atoms with van der Waals surface area (Å²) in [4.78, 5) is 5.18. The summed E-state index contributed by atoms with van der Waals surface area (Å²) in [5, 5.41) is 3.41. The van der Waals surface area contributed by atoms with E-state index in [0.29, 0.717) is 0 Å². The summed E-state index contributed by atoms with van der Waals surface area (Å²) in [5.41, 5.74) is 2.69. The minimum absolute atomic E-state index is 0.0216. The minimum atomic E-state index is -2.80. The van der Waals surface area contributed by atoms with Gasteiger partial charge in [-0.3, -0.25) is 4.98 Å². The molecule has 0 aliphatic carbocycles. The van der Waals surface area contributed by atoms with Crippen LogP contribution in [-0.4, -0.2) is 11.6 Å². The van der Waals surface area contributed by atoms with Gasteiger partial charge in [-0.2, -0.15) is 8.78 Å². The van der Waals surface area contributed by atoms with Gasteiger partial charge in [0.25, 0.3) is 0 Å². The second-order valence-electron chi connectivity index (χ2n) is 4.46. The Labute approximate surface area is 120 Å². The van der Waals surface area contributed by atoms with Gasteiger partial charge in [0, 0.05) is 23.2 Å². The summed E-state index contributed by atoms with van der Waals surface area (Å²) in [7, 11) is 0. The first-order valence-electron chi connectivity index (χ1n) is 6.25. The number of thiazole rings is 1. The summed E-state index contributed by atoms with van der Waals surface area (Å²) in [6, 6.07) is 6.92. The number of benzene rings is 1. The van der Waals surface area contributed by atoms with Crippen LogP contribution in [0.1, 0.15) is 36.4 Å². The molecule has 1 aromatic carbocycles. The van der Waals surface area contributed by atoms with E-state index in [0.717, 1.165) is 10.4 Å². The Morgan fingerprint density at radius 3 is 2.70 bits per heavy atom. The zero-order chi connectivity index (χ0) is 14.5. The van der Waals surface area contributed by atoms with Gasteiger partial charge in [-0.05, 0) is 31.5 Å². The Kier molecular flexibility index (Phi) is 5.03. The van der Waals surface area contributed by atoms with Crippen molar-refractivity contribution in [1.29, 1.82) is 0 Å². The Morgan fingerprint density at radius 2 is 2.05 bits per heavy atom. The summed E-state index contributed by atoms with van der Waals surface area (Å²) < 4.78 is 28.8. The van der Waals surface area contributed by atoms with E-state index < -0.39 is 6.61 Å². The van der Waals surface area contributed by atoms with Crippen LogP contribution in [0.3, 0.4) is 0 Å². The van der Waals surface area contributed by atoms with Gasteiger partial charge in [-0.25, -0.2) is 0 Å². The average molecular weight is 298 g/mol. The molecular weight excluding hydrogens is 282 g/mol. The van der Waals surface area contributed by atoms with Crippen molar-refractivity contribution in [2.75, 3.05) is 0 Å². The number of nitrogens with zero attached hydrogens (tertiary/aromatic N) is 1. The van der Waals surface area contributed by atoms with Gasteiger partial charge in [0.2, 0.25) is 0 Å². The van der Waals surface area contributed by atoms with E-state index in [9.17, 15) is 8.78 Å². The molecule has 2 atom stereocenters. The van der Waals surface area contributed by atoms with Crippen LogP contribution in [0.4, 0.5) is 8.78 Å². The molecule has 20 heavy (non-hydrogen) atoms. The smallest absolute Gasteiger partial charge is 0.387 e. The Bertz CT molecular complexity index is 534. The first-order valence-corrected chi connectivity index (χ1v) is 7.13. The van der Waals surface area contributed by atoms with Crippen LogP contribution in [0, 0.1) is 0 Å². The number of ether oxygens (including phenoxy) is 1. The van der Waals surface area contributed by atoms with Crippen LogP contribution in [0.25, 0.3) is 0 Å². The molecule has 0 spiro atoms. The molecular formula is C14H16F2N2OS. The standard InChI is InChI=1S/C14H16F2N2OS/c1-9(18-10(2)13-7-17-8-20-13)11-4-3-5-12(6-11)19-14(15)16/h3-10,14,18H,1-2H3. The molecule has 1 heterocycles. The number of aromatic nitrogens is 1. The number of alkyl halides is 2. The third-order valence-corrected chi connectivity index (χ3v) is 3.92. The maximum absolute atomic E-state index is 12.2. The van der Waals surface area contributed by atoms with Crippen LogP contribution in [0.15, 0.2) is 36.0 Å². The molecule has 2 unspecified atom stereocenters. The van der Waals surface area contributed by atoms with Gasteiger partial charge < -0.3 is 10.1 Å². The molecule has 108 valence electrons. The number of hydrogen-bond donors (Lipinski definition) is 1. The van der Waals surface area contributed by atoms with Crippen molar-refractivity contribution in [3.05, 3.63) is 46.4 Å². The first-order chi connectivity index (χ1) is 9.56. The van der Waals surface area contributed by atoms with Crippen LogP contribution in [0.2, 0.25) is 0 Å². The molecule has 1 aromatic heterocycles. The summed E-state index contributed by atoms with van der Waals surface area (Å²) in [6.45, 7) is 1.23. The summed E-state index contributed by atoms with van der Waals surface area (Å²) >= 11 is 1.58. The second kappa shape index (κ2) is 6.76.